The van der Waals surface area contributed by atoms with Gasteiger partial charge in [-0.15, -0.1) is 0 Å². The van der Waals surface area contributed by atoms with E-state index in [2.05, 4.69) is 0 Å². The van der Waals surface area contributed by atoms with Crippen LogP contribution in [0.4, 0.5) is 8.78 Å². The zero-order valence-electron chi connectivity index (χ0n) is 14.3. The van der Waals surface area contributed by atoms with Gasteiger partial charge in [0, 0.05) is 12.0 Å². The largest absolute Gasteiger partial charge is 0.497 e. The van der Waals surface area contributed by atoms with Crippen LogP contribution >= 0.6 is 0 Å². The number of ether oxygens (including phenoxy) is 1. The summed E-state index contributed by atoms with van der Waals surface area (Å²) in [6, 6.07) is 13.3. The van der Waals surface area contributed by atoms with E-state index in [1.165, 1.54) is 12.1 Å². The summed E-state index contributed by atoms with van der Waals surface area (Å²) in [5.41, 5.74) is 1.54. The maximum atomic E-state index is 14.4. The highest BCUT2D eigenvalue weighted by Gasteiger charge is 2.37. The number of hydrogen-bond acceptors (Lipinski definition) is 2. The van der Waals surface area contributed by atoms with Gasteiger partial charge >= 0.3 is 5.97 Å². The topological polar surface area (TPSA) is 46.5 Å². The molecule has 2 rings (SSSR count). The van der Waals surface area contributed by atoms with E-state index in [1.54, 1.807) is 38.3 Å². The van der Waals surface area contributed by atoms with E-state index < -0.39 is 24.2 Å². The van der Waals surface area contributed by atoms with Crippen LogP contribution in [0.15, 0.2) is 48.5 Å². The highest BCUT2D eigenvalue weighted by Crippen LogP contribution is 2.37. The Bertz CT molecular complexity index is 694. The molecule has 0 aliphatic heterocycles. The van der Waals surface area contributed by atoms with E-state index in [-0.39, 0.29) is 12.0 Å². The molecule has 2 aromatic rings. The minimum absolute atomic E-state index is 0.160. The monoisotopic (exact) mass is 348 g/mol. The Kier molecular flexibility index (Phi) is 6.12. The van der Waals surface area contributed by atoms with Crippen LogP contribution in [0.5, 0.6) is 5.75 Å². The lowest BCUT2D eigenvalue weighted by atomic mass is 9.92. The number of alkyl halides is 2. The second-order valence-corrected chi connectivity index (χ2v) is 6.04. The predicted molar refractivity (Wildman–Crippen MR) is 93.0 cm³/mol. The molecule has 1 N–H and O–H groups in total. The molecular formula is C20H22F2O3. The smallest absolute Gasteiger partial charge is 0.306 e. The van der Waals surface area contributed by atoms with Crippen molar-refractivity contribution in [2.45, 2.75) is 32.1 Å². The van der Waals surface area contributed by atoms with Gasteiger partial charge in [-0.05, 0) is 29.7 Å². The summed E-state index contributed by atoms with van der Waals surface area (Å²) in [5.74, 6) is -4.66. The first-order valence-electron chi connectivity index (χ1n) is 8.23. The molecule has 25 heavy (non-hydrogen) atoms. The van der Waals surface area contributed by atoms with Gasteiger partial charge in [0.25, 0.3) is 5.92 Å². The molecule has 0 saturated heterocycles. The molecule has 1 unspecified atom stereocenters. The third-order valence-electron chi connectivity index (χ3n) is 4.22. The van der Waals surface area contributed by atoms with Crippen molar-refractivity contribution in [2.75, 3.05) is 7.11 Å². The Morgan fingerprint density at radius 1 is 1.08 bits per heavy atom. The second kappa shape index (κ2) is 8.10. The number of benzene rings is 2. The van der Waals surface area contributed by atoms with Crippen LogP contribution in [0.3, 0.4) is 0 Å². The van der Waals surface area contributed by atoms with Crippen molar-refractivity contribution in [3.05, 3.63) is 54.1 Å². The number of carboxylic acids is 1. The molecule has 0 heterocycles. The number of aliphatic carboxylic acids is 1. The molecule has 5 heteroatoms. The molecule has 0 fully saturated rings. The maximum absolute atomic E-state index is 14.4. The van der Waals surface area contributed by atoms with Gasteiger partial charge in [0.05, 0.1) is 13.0 Å². The van der Waals surface area contributed by atoms with E-state index in [1.807, 2.05) is 12.1 Å². The van der Waals surface area contributed by atoms with Crippen LogP contribution in [0.1, 0.15) is 31.7 Å². The van der Waals surface area contributed by atoms with E-state index in [0.29, 0.717) is 6.42 Å². The molecule has 0 saturated carbocycles. The Labute approximate surface area is 146 Å². The van der Waals surface area contributed by atoms with Gasteiger partial charge < -0.3 is 9.84 Å². The van der Waals surface area contributed by atoms with E-state index in [0.717, 1.165) is 16.9 Å². The predicted octanol–water partition coefficient (Wildman–Crippen LogP) is 5.35. The second-order valence-electron chi connectivity index (χ2n) is 6.04. The molecule has 0 amide bonds. The number of carboxylic acid groups (broad SMARTS) is 1. The number of hydrogen-bond donors (Lipinski definition) is 1. The molecular weight excluding hydrogens is 326 g/mol. The van der Waals surface area contributed by atoms with E-state index in [4.69, 9.17) is 9.84 Å². The first-order chi connectivity index (χ1) is 11.9. The summed E-state index contributed by atoms with van der Waals surface area (Å²) >= 11 is 0. The lowest BCUT2D eigenvalue weighted by molar-refractivity contribution is -0.146. The lowest BCUT2D eigenvalue weighted by Gasteiger charge is -2.21. The van der Waals surface area contributed by atoms with Gasteiger partial charge in [-0.2, -0.15) is 0 Å². The summed E-state index contributed by atoms with van der Waals surface area (Å²) in [7, 11) is 1.58. The van der Waals surface area contributed by atoms with Gasteiger partial charge in [0.15, 0.2) is 0 Å². The normalized spacial score (nSPS) is 12.6. The quantitative estimate of drug-likeness (QED) is 0.700. The van der Waals surface area contributed by atoms with Gasteiger partial charge in [0.2, 0.25) is 0 Å². The van der Waals surface area contributed by atoms with Crippen molar-refractivity contribution in [1.82, 2.24) is 0 Å². The fourth-order valence-electron chi connectivity index (χ4n) is 2.78. The molecule has 1 atom stereocenters. The fraction of sp³-hybridized carbons (Fsp3) is 0.350. The van der Waals surface area contributed by atoms with Gasteiger partial charge in [0.1, 0.15) is 5.75 Å². The third-order valence-corrected chi connectivity index (χ3v) is 4.22. The summed E-state index contributed by atoms with van der Waals surface area (Å²) in [5, 5.41) is 9.11. The summed E-state index contributed by atoms with van der Waals surface area (Å²) in [4.78, 5) is 11.1. The average molecular weight is 348 g/mol. The van der Waals surface area contributed by atoms with Crippen LogP contribution in [-0.4, -0.2) is 18.2 Å². The molecule has 0 aliphatic rings. The first-order valence-corrected chi connectivity index (χ1v) is 8.23. The molecule has 3 nitrogen and oxygen atoms in total. The van der Waals surface area contributed by atoms with Crippen LogP contribution in [0, 0.1) is 5.92 Å². The molecule has 0 aliphatic carbocycles. The minimum atomic E-state index is -3.17. The summed E-state index contributed by atoms with van der Waals surface area (Å²) < 4.78 is 34.0. The third kappa shape index (κ3) is 4.78. The van der Waals surface area contributed by atoms with E-state index >= 15 is 0 Å². The Morgan fingerprint density at radius 3 is 2.04 bits per heavy atom. The summed E-state index contributed by atoms with van der Waals surface area (Å²) in [6.45, 7) is 1.79. The number of rotatable bonds is 8. The Morgan fingerprint density at radius 2 is 1.60 bits per heavy atom. The number of halogens is 2. The van der Waals surface area contributed by atoms with Crippen molar-refractivity contribution >= 4 is 5.97 Å². The van der Waals surface area contributed by atoms with E-state index in [9.17, 15) is 13.6 Å². The lowest BCUT2D eigenvalue weighted by Crippen LogP contribution is -2.24. The van der Waals surface area contributed by atoms with Crippen molar-refractivity contribution < 1.29 is 23.4 Å². The zero-order chi connectivity index (χ0) is 18.4. The molecule has 2 aromatic carbocycles. The highest BCUT2D eigenvalue weighted by atomic mass is 19.3. The van der Waals surface area contributed by atoms with Crippen molar-refractivity contribution in [2.24, 2.45) is 5.92 Å². The first kappa shape index (κ1) is 18.9. The summed E-state index contributed by atoms with van der Waals surface area (Å²) in [6.07, 6.45) is 0.121. The van der Waals surface area contributed by atoms with Gasteiger partial charge in [-0.3, -0.25) is 4.79 Å². The molecule has 0 aromatic heterocycles. The maximum Gasteiger partial charge on any atom is 0.306 e. The number of carbonyl (C=O) groups is 1. The highest BCUT2D eigenvalue weighted by molar-refractivity contribution is 5.70. The van der Waals surface area contributed by atoms with Gasteiger partial charge in [-0.1, -0.05) is 49.7 Å². The average Bonchev–Trinajstić information content (AvgIpc) is 2.61. The Hall–Kier alpha value is -2.43. The van der Waals surface area contributed by atoms with Crippen molar-refractivity contribution in [3.63, 3.8) is 0 Å². The fourth-order valence-corrected chi connectivity index (χ4v) is 2.78. The Balaban J connectivity index is 2.17. The standard InChI is InChI=1S/C20H22F2O3/c1-3-4-16(19(23)24)13-20(21,22)17-9-5-14(6-10-17)15-7-11-18(25-2)12-8-15/h5-12,16H,3-4,13H2,1-2H3,(H,23,24). The van der Waals surface area contributed by atoms with Gasteiger partial charge in [-0.25, -0.2) is 8.78 Å². The van der Waals surface area contributed by atoms with Crippen molar-refractivity contribution in [1.29, 1.82) is 0 Å². The van der Waals surface area contributed by atoms with Crippen molar-refractivity contribution in [3.8, 4) is 16.9 Å². The SMILES string of the molecule is CCCC(CC(F)(F)c1ccc(-c2ccc(OC)cc2)cc1)C(=O)O. The molecule has 134 valence electrons. The molecule has 0 spiro atoms. The van der Waals surface area contributed by atoms with Crippen LogP contribution in [-0.2, 0) is 10.7 Å². The molecule has 0 radical (unpaired) electrons. The minimum Gasteiger partial charge on any atom is -0.497 e. The number of methoxy groups -OCH3 is 1. The zero-order valence-corrected chi connectivity index (χ0v) is 14.3. The van der Waals surface area contributed by atoms with Crippen LogP contribution in [0.25, 0.3) is 11.1 Å². The van der Waals surface area contributed by atoms with Crippen LogP contribution in [0.2, 0.25) is 0 Å². The van der Waals surface area contributed by atoms with Crippen LogP contribution < -0.4 is 4.74 Å². The molecule has 0 bridgehead atoms.